The van der Waals surface area contributed by atoms with E-state index < -0.39 is 11.6 Å². The lowest BCUT2D eigenvalue weighted by Crippen LogP contribution is -2.00. The maximum absolute atomic E-state index is 13.0. The van der Waals surface area contributed by atoms with Crippen LogP contribution in [0.5, 0.6) is 0 Å². The molecule has 0 nitrogen and oxygen atoms in total. The first kappa shape index (κ1) is 12.1. The average Bonchev–Trinajstić information content (AvgIpc) is 2.08. The molecule has 0 aliphatic heterocycles. The molecule has 0 spiro atoms. The van der Waals surface area contributed by atoms with Crippen molar-refractivity contribution in [3.8, 4) is 0 Å². The first-order valence-corrected chi connectivity index (χ1v) is 6.95. The van der Waals surface area contributed by atoms with Crippen LogP contribution in [-0.2, 0) is 0 Å². The van der Waals surface area contributed by atoms with Crippen molar-refractivity contribution in [3.63, 3.8) is 0 Å². The van der Waals surface area contributed by atoms with E-state index >= 15 is 0 Å². The Morgan fingerprint density at radius 2 is 0.833 bits per heavy atom. The first-order valence-electron chi connectivity index (χ1n) is 2.63. The van der Waals surface area contributed by atoms with Gasteiger partial charge in [-0.1, -0.05) is 0 Å². The molecule has 0 N–H and O–H groups in total. The smallest absolute Gasteiger partial charge is 0.174 e. The van der Waals surface area contributed by atoms with E-state index in [1.165, 1.54) is 0 Å². The van der Waals surface area contributed by atoms with Gasteiger partial charge in [0.25, 0.3) is 0 Å². The third-order valence-electron chi connectivity index (χ3n) is 1.16. The highest BCUT2D eigenvalue weighted by molar-refractivity contribution is 14.1. The Labute approximate surface area is 123 Å². The normalized spacial score (nSPS) is 10.5. The topological polar surface area (TPSA) is 0 Å². The van der Waals surface area contributed by atoms with Crippen LogP contribution in [0.15, 0.2) is 0 Å². The van der Waals surface area contributed by atoms with Crippen molar-refractivity contribution in [1.29, 1.82) is 0 Å². The molecule has 0 heterocycles. The highest BCUT2D eigenvalue weighted by Crippen LogP contribution is 2.30. The zero-order valence-corrected chi connectivity index (χ0v) is 13.9. The van der Waals surface area contributed by atoms with E-state index in [2.05, 4.69) is 0 Å². The van der Waals surface area contributed by atoms with E-state index in [1.807, 2.05) is 45.2 Å². The van der Waals surface area contributed by atoms with Gasteiger partial charge in [-0.3, -0.25) is 0 Å². The standard InChI is InChI=1S/C6F2I4/c7-1-2(8)4(10)6(12)5(11)3(1)9. The van der Waals surface area contributed by atoms with Crippen LogP contribution in [0.3, 0.4) is 0 Å². The third kappa shape index (κ3) is 2.15. The largest absolute Gasteiger partial charge is 0.203 e. The predicted octanol–water partition coefficient (Wildman–Crippen LogP) is 4.38. The minimum absolute atomic E-state index is 0.357. The number of hydrogen-bond acceptors (Lipinski definition) is 0. The summed E-state index contributed by atoms with van der Waals surface area (Å²) in [5.41, 5.74) is 0. The second-order valence-electron chi connectivity index (χ2n) is 1.88. The molecule has 0 aromatic heterocycles. The number of hydrogen-bond donors (Lipinski definition) is 0. The molecule has 12 heavy (non-hydrogen) atoms. The lowest BCUT2D eigenvalue weighted by molar-refractivity contribution is 0.496. The minimum Gasteiger partial charge on any atom is -0.203 e. The van der Waals surface area contributed by atoms with Gasteiger partial charge < -0.3 is 0 Å². The molecule has 1 aromatic rings. The molecule has 0 saturated heterocycles. The Hall–Kier alpha value is 2.00. The van der Waals surface area contributed by atoms with Gasteiger partial charge in [-0.25, -0.2) is 8.78 Å². The van der Waals surface area contributed by atoms with E-state index in [4.69, 9.17) is 0 Å². The van der Waals surface area contributed by atoms with Gasteiger partial charge in [0.1, 0.15) is 0 Å². The highest BCUT2D eigenvalue weighted by Gasteiger charge is 2.18. The Morgan fingerprint density at radius 1 is 0.583 bits per heavy atom. The van der Waals surface area contributed by atoms with E-state index in [0.29, 0.717) is 7.14 Å². The highest BCUT2D eigenvalue weighted by atomic mass is 127. The quantitative estimate of drug-likeness (QED) is 0.231. The van der Waals surface area contributed by atoms with Crippen LogP contribution in [-0.4, -0.2) is 0 Å². The summed E-state index contributed by atoms with van der Waals surface area (Å²) in [6.45, 7) is 0. The Bertz CT molecular complexity index is 232. The fourth-order valence-electron chi connectivity index (χ4n) is 0.578. The van der Waals surface area contributed by atoms with Crippen LogP contribution in [0, 0.1) is 25.9 Å². The monoisotopic (exact) mass is 618 g/mol. The summed E-state index contributed by atoms with van der Waals surface area (Å²) in [6.07, 6.45) is 0. The Balaban J connectivity index is 3.60. The van der Waals surface area contributed by atoms with Crippen LogP contribution in [0.4, 0.5) is 8.78 Å². The fraction of sp³-hybridized carbons (Fsp3) is 0. The number of rotatable bonds is 0. The van der Waals surface area contributed by atoms with Gasteiger partial charge in [0, 0.05) is 7.14 Å². The van der Waals surface area contributed by atoms with Gasteiger partial charge in [0.05, 0.1) is 7.14 Å². The average molecular weight is 618 g/mol. The molecular formula is C6F2I4. The molecule has 66 valence electrons. The molecule has 0 unspecified atom stereocenters. The van der Waals surface area contributed by atoms with Gasteiger partial charge in [0.2, 0.25) is 0 Å². The van der Waals surface area contributed by atoms with Crippen molar-refractivity contribution >= 4 is 90.4 Å². The molecule has 0 radical (unpaired) electrons. The molecule has 1 aromatic carbocycles. The van der Waals surface area contributed by atoms with Crippen molar-refractivity contribution in [2.75, 3.05) is 0 Å². The van der Waals surface area contributed by atoms with Crippen LogP contribution in [0.25, 0.3) is 0 Å². The first-order chi connectivity index (χ1) is 5.46. The van der Waals surface area contributed by atoms with E-state index in [9.17, 15) is 8.78 Å². The van der Waals surface area contributed by atoms with Crippen LogP contribution in [0.2, 0.25) is 0 Å². The lowest BCUT2D eigenvalue weighted by Gasteiger charge is -2.05. The predicted molar refractivity (Wildman–Crippen MR) is 77.2 cm³/mol. The summed E-state index contributed by atoms with van der Waals surface area (Å²) >= 11 is 7.63. The third-order valence-corrected chi connectivity index (χ3v) is 8.44. The van der Waals surface area contributed by atoms with Crippen LogP contribution in [0.1, 0.15) is 0 Å². The van der Waals surface area contributed by atoms with E-state index in [0.717, 1.165) is 7.14 Å². The van der Waals surface area contributed by atoms with Crippen LogP contribution >= 0.6 is 90.4 Å². The summed E-state index contributed by atoms with van der Waals surface area (Å²) in [7, 11) is 0. The Morgan fingerprint density at radius 3 is 1.08 bits per heavy atom. The van der Waals surface area contributed by atoms with Crippen molar-refractivity contribution in [2.24, 2.45) is 0 Å². The molecule has 0 bridgehead atoms. The molecule has 0 fully saturated rings. The SMILES string of the molecule is Fc1c(F)c(I)c(I)c(I)c1I. The molecule has 0 saturated carbocycles. The van der Waals surface area contributed by atoms with Gasteiger partial charge in [-0.15, -0.1) is 0 Å². The fourth-order valence-corrected chi connectivity index (χ4v) is 3.64. The second kappa shape index (κ2) is 4.68. The van der Waals surface area contributed by atoms with Crippen molar-refractivity contribution in [3.05, 3.63) is 25.9 Å². The van der Waals surface area contributed by atoms with Crippen LogP contribution < -0.4 is 0 Å². The Kier molecular flexibility index (Phi) is 4.71. The molecule has 0 amide bonds. The van der Waals surface area contributed by atoms with Gasteiger partial charge in [0.15, 0.2) is 11.6 Å². The molecule has 0 aliphatic carbocycles. The van der Waals surface area contributed by atoms with Crippen molar-refractivity contribution in [2.45, 2.75) is 0 Å². The molecule has 0 aliphatic rings. The molecular weight excluding hydrogens is 618 g/mol. The van der Waals surface area contributed by atoms with E-state index in [1.54, 1.807) is 45.2 Å². The van der Waals surface area contributed by atoms with E-state index in [-0.39, 0.29) is 0 Å². The maximum atomic E-state index is 13.0. The molecule has 0 atom stereocenters. The summed E-state index contributed by atoms with van der Waals surface area (Å²) in [4.78, 5) is 0. The second-order valence-corrected chi connectivity index (χ2v) is 6.20. The van der Waals surface area contributed by atoms with Crippen molar-refractivity contribution in [1.82, 2.24) is 0 Å². The van der Waals surface area contributed by atoms with Gasteiger partial charge in [-0.05, 0) is 90.4 Å². The maximum Gasteiger partial charge on any atom is 0.174 e. The van der Waals surface area contributed by atoms with Gasteiger partial charge in [-0.2, -0.15) is 0 Å². The summed E-state index contributed by atoms with van der Waals surface area (Å²) < 4.78 is 28.3. The zero-order chi connectivity index (χ0) is 9.46. The minimum atomic E-state index is -0.746. The molecule has 1 rings (SSSR count). The van der Waals surface area contributed by atoms with Gasteiger partial charge >= 0.3 is 0 Å². The number of benzene rings is 1. The van der Waals surface area contributed by atoms with Crippen molar-refractivity contribution < 1.29 is 8.78 Å². The summed E-state index contributed by atoms with van der Waals surface area (Å²) in [5, 5.41) is 0. The zero-order valence-electron chi connectivity index (χ0n) is 5.27. The lowest BCUT2D eigenvalue weighted by atomic mass is 10.3. The number of halogens is 6. The summed E-state index contributed by atoms with van der Waals surface area (Å²) in [5.74, 6) is -1.49. The molecule has 6 heteroatoms. The summed E-state index contributed by atoms with van der Waals surface area (Å²) in [6, 6.07) is 0.